The number of nitrogens with zero attached hydrogens (tertiary/aromatic N) is 6. The molecule has 1 saturated heterocycles. The Balaban J connectivity index is 1.55. The highest BCUT2D eigenvalue weighted by Crippen LogP contribution is 2.30. The van der Waals surface area contributed by atoms with Gasteiger partial charge in [-0.05, 0) is 30.4 Å². The maximum Gasteiger partial charge on any atom is 0.199 e. The quantitative estimate of drug-likeness (QED) is 0.385. The summed E-state index contributed by atoms with van der Waals surface area (Å²) in [6.45, 7) is 8.76. The molecule has 29 heavy (non-hydrogen) atoms. The summed E-state index contributed by atoms with van der Waals surface area (Å²) in [5, 5.41) is 9.01. The SMILES string of the molecule is C=CCn1c(-c2ccc(Cl)cc2Cl)nn(CN2CCN(c3nccs3)CC2)c1=S. The first kappa shape index (κ1) is 20.6. The molecule has 0 N–H and O–H groups in total. The number of anilines is 1. The van der Waals surface area contributed by atoms with Crippen molar-refractivity contribution >= 4 is 51.9 Å². The zero-order chi connectivity index (χ0) is 20.4. The number of rotatable bonds is 6. The van der Waals surface area contributed by atoms with E-state index in [9.17, 15) is 0 Å². The lowest BCUT2D eigenvalue weighted by atomic mass is 10.2. The van der Waals surface area contributed by atoms with E-state index in [2.05, 4.69) is 21.4 Å². The molecular weight excluding hydrogens is 447 g/mol. The number of piperazine rings is 1. The summed E-state index contributed by atoms with van der Waals surface area (Å²) in [6, 6.07) is 5.40. The Morgan fingerprint density at radius 1 is 1.21 bits per heavy atom. The maximum atomic E-state index is 6.43. The van der Waals surface area contributed by atoms with Gasteiger partial charge in [0.25, 0.3) is 0 Å². The number of hydrogen-bond acceptors (Lipinski definition) is 6. The van der Waals surface area contributed by atoms with Gasteiger partial charge in [0.05, 0.1) is 11.7 Å². The minimum absolute atomic E-state index is 0.548. The monoisotopic (exact) mass is 466 g/mol. The molecule has 6 nitrogen and oxygen atoms in total. The molecule has 3 heterocycles. The predicted molar refractivity (Wildman–Crippen MR) is 123 cm³/mol. The Bertz CT molecular complexity index is 1050. The number of aromatic nitrogens is 4. The smallest absolute Gasteiger partial charge is 0.199 e. The van der Waals surface area contributed by atoms with Crippen LogP contribution in [0.4, 0.5) is 5.13 Å². The lowest BCUT2D eigenvalue weighted by Gasteiger charge is -2.34. The lowest BCUT2D eigenvalue weighted by Crippen LogP contribution is -2.46. The molecule has 0 saturated carbocycles. The van der Waals surface area contributed by atoms with Crippen LogP contribution in [0.3, 0.4) is 0 Å². The minimum Gasteiger partial charge on any atom is -0.346 e. The first-order valence-corrected chi connectivity index (χ1v) is 11.2. The van der Waals surface area contributed by atoms with Crippen molar-refractivity contribution in [1.82, 2.24) is 24.2 Å². The van der Waals surface area contributed by atoms with E-state index in [1.807, 2.05) is 33.0 Å². The second-order valence-corrected chi connectivity index (χ2v) is 8.77. The van der Waals surface area contributed by atoms with Gasteiger partial charge in [-0.2, -0.15) is 5.10 Å². The second-order valence-electron chi connectivity index (χ2n) is 6.69. The van der Waals surface area contributed by atoms with Crippen LogP contribution in [-0.2, 0) is 13.2 Å². The van der Waals surface area contributed by atoms with E-state index in [-0.39, 0.29) is 0 Å². The highest BCUT2D eigenvalue weighted by molar-refractivity contribution is 7.71. The summed E-state index contributed by atoms with van der Waals surface area (Å²) in [5.41, 5.74) is 0.802. The molecule has 0 aliphatic carbocycles. The van der Waals surface area contributed by atoms with Crippen LogP contribution in [0.25, 0.3) is 11.4 Å². The molecule has 1 aliphatic rings. The van der Waals surface area contributed by atoms with Crippen molar-refractivity contribution in [3.05, 3.63) is 57.2 Å². The molecule has 0 bridgehead atoms. The Hall–Kier alpha value is -1.71. The first-order valence-electron chi connectivity index (χ1n) is 9.17. The average Bonchev–Trinajstić information content (AvgIpc) is 3.34. The Morgan fingerprint density at radius 2 is 2.00 bits per heavy atom. The van der Waals surface area contributed by atoms with Crippen molar-refractivity contribution in [2.75, 3.05) is 31.1 Å². The van der Waals surface area contributed by atoms with Gasteiger partial charge in [-0.15, -0.1) is 17.9 Å². The summed E-state index contributed by atoms with van der Waals surface area (Å²) in [5.74, 6) is 0.720. The molecule has 3 aromatic rings. The molecule has 2 aromatic heterocycles. The van der Waals surface area contributed by atoms with Crippen LogP contribution in [0.1, 0.15) is 0 Å². The van der Waals surface area contributed by atoms with E-state index >= 15 is 0 Å². The van der Waals surface area contributed by atoms with Crippen LogP contribution in [0.2, 0.25) is 10.0 Å². The number of benzene rings is 1. The third-order valence-electron chi connectivity index (χ3n) is 4.80. The van der Waals surface area contributed by atoms with E-state index in [4.69, 9.17) is 40.5 Å². The van der Waals surface area contributed by atoms with Gasteiger partial charge < -0.3 is 4.90 Å². The molecule has 152 valence electrons. The van der Waals surface area contributed by atoms with Crippen LogP contribution in [0, 0.1) is 4.77 Å². The molecule has 10 heteroatoms. The van der Waals surface area contributed by atoms with Gasteiger partial charge in [0.2, 0.25) is 0 Å². The molecule has 1 fully saturated rings. The normalized spacial score (nSPS) is 15.0. The highest BCUT2D eigenvalue weighted by Gasteiger charge is 2.21. The van der Waals surface area contributed by atoms with Crippen LogP contribution < -0.4 is 4.90 Å². The average molecular weight is 467 g/mol. The predicted octanol–water partition coefficient (Wildman–Crippen LogP) is 4.81. The first-order chi connectivity index (χ1) is 14.1. The summed E-state index contributed by atoms with van der Waals surface area (Å²) in [4.78, 5) is 9.06. The fourth-order valence-corrected chi connectivity index (χ4v) is 4.79. The summed E-state index contributed by atoms with van der Waals surface area (Å²) >= 11 is 19.9. The molecule has 0 amide bonds. The van der Waals surface area contributed by atoms with Gasteiger partial charge >= 0.3 is 0 Å². The highest BCUT2D eigenvalue weighted by atomic mass is 35.5. The van der Waals surface area contributed by atoms with Crippen molar-refractivity contribution in [2.45, 2.75) is 13.2 Å². The van der Waals surface area contributed by atoms with Gasteiger partial charge in [-0.3, -0.25) is 9.47 Å². The zero-order valence-electron chi connectivity index (χ0n) is 15.7. The van der Waals surface area contributed by atoms with E-state index in [0.717, 1.165) is 42.7 Å². The third kappa shape index (κ3) is 4.41. The van der Waals surface area contributed by atoms with Gasteiger partial charge in [0.15, 0.2) is 15.7 Å². The largest absolute Gasteiger partial charge is 0.346 e. The fourth-order valence-electron chi connectivity index (χ4n) is 3.34. The van der Waals surface area contributed by atoms with Gasteiger partial charge in [-0.25, -0.2) is 9.67 Å². The second kappa shape index (κ2) is 8.97. The lowest BCUT2D eigenvalue weighted by molar-refractivity contribution is 0.194. The number of halogens is 2. The summed E-state index contributed by atoms with van der Waals surface area (Å²) < 4.78 is 4.45. The van der Waals surface area contributed by atoms with Crippen LogP contribution in [0.15, 0.2) is 42.4 Å². The van der Waals surface area contributed by atoms with Crippen LogP contribution in [0.5, 0.6) is 0 Å². The fraction of sp³-hybridized carbons (Fsp3) is 0.316. The summed E-state index contributed by atoms with van der Waals surface area (Å²) in [7, 11) is 0. The van der Waals surface area contributed by atoms with Crippen molar-refractivity contribution in [2.24, 2.45) is 0 Å². The van der Waals surface area contributed by atoms with Crippen LogP contribution >= 0.6 is 46.8 Å². The number of allylic oxidation sites excluding steroid dienone is 1. The van der Waals surface area contributed by atoms with Gasteiger partial charge in [0.1, 0.15) is 0 Å². The van der Waals surface area contributed by atoms with Crippen LogP contribution in [-0.4, -0.2) is 50.4 Å². The number of hydrogen-bond donors (Lipinski definition) is 0. The molecule has 1 aliphatic heterocycles. The van der Waals surface area contributed by atoms with Gasteiger partial charge in [-0.1, -0.05) is 29.3 Å². The summed E-state index contributed by atoms with van der Waals surface area (Å²) in [6.07, 6.45) is 3.66. The topological polar surface area (TPSA) is 42.1 Å². The Morgan fingerprint density at radius 3 is 2.66 bits per heavy atom. The Labute approximate surface area is 188 Å². The van der Waals surface area contributed by atoms with Crippen molar-refractivity contribution < 1.29 is 0 Å². The number of thiazole rings is 1. The minimum atomic E-state index is 0.548. The van der Waals surface area contributed by atoms with E-state index in [1.54, 1.807) is 23.5 Å². The molecular formula is C19H20Cl2N6S2. The molecule has 0 atom stereocenters. The van der Waals surface area contributed by atoms with E-state index < -0.39 is 0 Å². The molecule has 1 aromatic carbocycles. The molecule has 0 unspecified atom stereocenters. The van der Waals surface area contributed by atoms with Crippen molar-refractivity contribution in [3.8, 4) is 11.4 Å². The van der Waals surface area contributed by atoms with E-state index in [1.165, 1.54) is 0 Å². The molecule has 0 radical (unpaired) electrons. The third-order valence-corrected chi connectivity index (χ3v) is 6.61. The van der Waals surface area contributed by atoms with Crippen molar-refractivity contribution in [3.63, 3.8) is 0 Å². The van der Waals surface area contributed by atoms with Crippen molar-refractivity contribution in [1.29, 1.82) is 0 Å². The molecule has 0 spiro atoms. The molecule has 4 rings (SSSR count). The zero-order valence-corrected chi connectivity index (χ0v) is 18.8. The Kier molecular flexibility index (Phi) is 6.36. The standard InChI is InChI=1S/C19H20Cl2N6S2/c1-2-6-26-17(15-4-3-14(20)12-16(15)21)23-27(19(26)28)13-24-7-9-25(10-8-24)18-22-5-11-29-18/h2-5,11-12H,1,6-10,13H2. The van der Waals surface area contributed by atoms with E-state index in [0.29, 0.717) is 28.0 Å². The van der Waals surface area contributed by atoms with Gasteiger partial charge in [0, 0.05) is 54.9 Å². The maximum absolute atomic E-state index is 6.43.